The smallest absolute Gasteiger partial charge is 0.360 e. The largest absolute Gasteiger partial charge is 0.464 e. The molecule has 0 spiro atoms. The lowest BCUT2D eigenvalue weighted by Crippen LogP contribution is -2.55. The number of nitrogens with one attached hydrogen (secondary N) is 4. The second kappa shape index (κ2) is 19.8. The number of nitrogens with zero attached hydrogens (tertiary/aromatic N) is 1. The molecule has 54 heavy (non-hydrogen) atoms. The van der Waals surface area contributed by atoms with Crippen molar-refractivity contribution in [2.75, 3.05) is 25.6 Å². The normalized spacial score (nSPS) is 20.7. The van der Waals surface area contributed by atoms with Gasteiger partial charge in [0.05, 0.1) is 13.2 Å². The Morgan fingerprint density at radius 2 is 1.19 bits per heavy atom. The Balaban J connectivity index is 1.45. The molecule has 3 aliphatic carbocycles. The van der Waals surface area contributed by atoms with Crippen LogP contribution in [0.1, 0.15) is 96.8 Å². The molecule has 0 radical (unpaired) electrons. The van der Waals surface area contributed by atoms with Crippen molar-refractivity contribution in [2.45, 2.75) is 108 Å². The molecule has 4 N–H and O–H groups in total. The molecule has 3 saturated carbocycles. The van der Waals surface area contributed by atoms with Crippen molar-refractivity contribution in [3.63, 3.8) is 0 Å². The molecule has 0 heterocycles. The quantitative estimate of drug-likeness (QED) is 0.0785. The number of carbonyl (C=O) groups is 7. The van der Waals surface area contributed by atoms with Gasteiger partial charge in [0.1, 0.15) is 18.8 Å². The van der Waals surface area contributed by atoms with Gasteiger partial charge in [0, 0.05) is 23.4 Å². The highest BCUT2D eigenvalue weighted by atomic mass is 16.6. The summed E-state index contributed by atoms with van der Waals surface area (Å²) in [5, 5.41) is 21.8. The summed E-state index contributed by atoms with van der Waals surface area (Å²) in [7, 11) is 1.15. The lowest BCUT2D eigenvalue weighted by atomic mass is 9.80. The molecule has 0 aromatic heterocycles. The molecule has 2 amide bonds. The van der Waals surface area contributed by atoms with E-state index >= 15 is 0 Å². The summed E-state index contributed by atoms with van der Waals surface area (Å²) in [6, 6.07) is 6.80. The molecule has 292 valence electrons. The van der Waals surface area contributed by atoms with Crippen LogP contribution in [0.4, 0.5) is 10.5 Å². The van der Waals surface area contributed by atoms with Crippen LogP contribution in [-0.4, -0.2) is 90.3 Å². The van der Waals surface area contributed by atoms with Crippen LogP contribution in [0, 0.1) is 28.6 Å². The number of Topliss-reactive ketones (excluding diaryl/α,β-unsaturated/α-hetero) is 3. The van der Waals surface area contributed by atoms with E-state index in [0.29, 0.717) is 50.6 Å². The third kappa shape index (κ3) is 11.5. The van der Waals surface area contributed by atoms with Crippen molar-refractivity contribution in [1.29, 1.82) is 10.8 Å². The van der Waals surface area contributed by atoms with Crippen LogP contribution in [0.15, 0.2) is 35.3 Å². The van der Waals surface area contributed by atoms with E-state index in [-0.39, 0.29) is 18.1 Å². The fraction of sp³-hybridized carbons (Fsp3) is 0.590. The summed E-state index contributed by atoms with van der Waals surface area (Å²) in [5.74, 6) is -7.12. The molecular weight excluding hydrogens is 698 g/mol. The maximum absolute atomic E-state index is 13.6. The molecule has 1 aromatic carbocycles. The van der Waals surface area contributed by atoms with Gasteiger partial charge in [-0.15, -0.1) is 0 Å². The van der Waals surface area contributed by atoms with Crippen molar-refractivity contribution in [3.05, 3.63) is 30.3 Å². The van der Waals surface area contributed by atoms with E-state index in [1.165, 1.54) is 6.92 Å². The van der Waals surface area contributed by atoms with Crippen molar-refractivity contribution < 1.29 is 47.8 Å². The minimum absolute atomic E-state index is 0.259. The van der Waals surface area contributed by atoms with Crippen molar-refractivity contribution in [3.8, 4) is 0 Å². The highest BCUT2D eigenvalue weighted by molar-refractivity contribution is 6.65. The number of hydrogen-bond acceptors (Lipinski definition) is 13. The van der Waals surface area contributed by atoms with E-state index in [2.05, 4.69) is 15.6 Å². The topological polar surface area (TPSA) is 231 Å². The van der Waals surface area contributed by atoms with Crippen LogP contribution in [0.2, 0.25) is 0 Å². The lowest BCUT2D eigenvalue weighted by Gasteiger charge is -2.30. The summed E-state index contributed by atoms with van der Waals surface area (Å²) in [5.41, 5.74) is -3.38. The third-order valence-corrected chi connectivity index (χ3v) is 10.3. The number of para-hydroxylation sites is 1. The minimum atomic E-state index is -1.64. The van der Waals surface area contributed by atoms with Crippen LogP contribution < -0.4 is 10.6 Å². The second-order valence-electron chi connectivity index (χ2n) is 14.6. The predicted octanol–water partition coefficient (Wildman–Crippen LogP) is 4.73. The van der Waals surface area contributed by atoms with Gasteiger partial charge < -0.3 is 24.8 Å². The standard InChI is InChI=1S/C39H51N5O10/c1-39(44-38(51)42-26-18-10-5-11-19-26,22-53-35(48)29(40)32(45)24-14-6-3-7-15-24)23-54-36(49)30(41)34(47)27-20-12-13-21-28(27)43-31(37(50)52-2)33(46)25-16-8-4-9-17-25/h5,10-11,18-19,24-25,27-28,40-41H,3-4,6-9,12-17,20-23H2,1-2H3,(H2,42,44,51). The number of aliphatic imine (C=N–C) groups is 1. The number of urea groups is 1. The number of ketones is 3. The van der Waals surface area contributed by atoms with Gasteiger partial charge in [-0.05, 0) is 57.6 Å². The average molecular weight is 750 g/mol. The predicted molar refractivity (Wildman–Crippen MR) is 198 cm³/mol. The molecule has 15 nitrogen and oxygen atoms in total. The highest BCUT2D eigenvalue weighted by Gasteiger charge is 2.40. The zero-order valence-corrected chi connectivity index (χ0v) is 31.0. The maximum atomic E-state index is 13.6. The number of amides is 2. The average Bonchev–Trinajstić information content (AvgIpc) is 3.20. The molecule has 3 fully saturated rings. The van der Waals surface area contributed by atoms with Crippen LogP contribution in [0.25, 0.3) is 0 Å². The lowest BCUT2D eigenvalue weighted by molar-refractivity contribution is -0.143. The molecule has 4 rings (SSSR count). The molecule has 3 aliphatic rings. The number of ether oxygens (including phenoxy) is 3. The Morgan fingerprint density at radius 1 is 0.685 bits per heavy atom. The molecule has 3 atom stereocenters. The Labute approximate surface area is 314 Å². The SMILES string of the molecule is COC(=O)C(=NC1CCCCC1C(=O)C(=N)C(=O)OCC(C)(COC(=O)C(=N)C(=O)C1CCCCC1)NC(=O)Nc1ccccc1)C(=O)C1CCCCC1. The Morgan fingerprint density at radius 3 is 1.74 bits per heavy atom. The van der Waals surface area contributed by atoms with Gasteiger partial charge in [-0.25, -0.2) is 19.2 Å². The Kier molecular flexibility index (Phi) is 15.3. The first kappa shape index (κ1) is 41.7. The third-order valence-electron chi connectivity index (χ3n) is 10.3. The van der Waals surface area contributed by atoms with Gasteiger partial charge in [0.25, 0.3) is 0 Å². The first-order valence-corrected chi connectivity index (χ1v) is 18.8. The molecule has 0 bridgehead atoms. The van der Waals surface area contributed by atoms with Crippen LogP contribution in [-0.2, 0) is 43.0 Å². The molecule has 0 saturated heterocycles. The van der Waals surface area contributed by atoms with Crippen molar-refractivity contribution in [2.24, 2.45) is 22.7 Å². The van der Waals surface area contributed by atoms with Crippen LogP contribution in [0.3, 0.4) is 0 Å². The van der Waals surface area contributed by atoms with E-state index < -0.39 is 89.3 Å². The number of methoxy groups -OCH3 is 1. The van der Waals surface area contributed by atoms with Crippen molar-refractivity contribution in [1.82, 2.24) is 5.32 Å². The second-order valence-corrected chi connectivity index (χ2v) is 14.6. The molecular formula is C39H51N5O10. The fourth-order valence-electron chi connectivity index (χ4n) is 7.23. The molecule has 0 aliphatic heterocycles. The summed E-state index contributed by atoms with van der Waals surface area (Å²) < 4.78 is 15.5. The van der Waals surface area contributed by atoms with Gasteiger partial charge in [0.15, 0.2) is 34.5 Å². The number of benzene rings is 1. The van der Waals surface area contributed by atoms with E-state index in [4.69, 9.17) is 25.0 Å². The first-order chi connectivity index (χ1) is 25.8. The number of anilines is 1. The Bertz CT molecular complexity index is 1630. The fourth-order valence-corrected chi connectivity index (χ4v) is 7.23. The van der Waals surface area contributed by atoms with Gasteiger partial charge in [-0.3, -0.25) is 30.2 Å². The van der Waals surface area contributed by atoms with Gasteiger partial charge in [-0.2, -0.15) is 0 Å². The zero-order chi connectivity index (χ0) is 39.3. The van der Waals surface area contributed by atoms with E-state index in [1.807, 2.05) is 0 Å². The molecule has 1 aromatic rings. The number of hydrogen-bond donors (Lipinski definition) is 4. The summed E-state index contributed by atoms with van der Waals surface area (Å²) >= 11 is 0. The van der Waals surface area contributed by atoms with E-state index in [9.17, 15) is 33.6 Å². The van der Waals surface area contributed by atoms with Crippen LogP contribution >= 0.6 is 0 Å². The molecule has 3 unspecified atom stereocenters. The minimum Gasteiger partial charge on any atom is -0.464 e. The monoisotopic (exact) mass is 749 g/mol. The number of rotatable bonds is 16. The summed E-state index contributed by atoms with van der Waals surface area (Å²) in [4.78, 5) is 96.0. The summed E-state index contributed by atoms with van der Waals surface area (Å²) in [6.45, 7) is 0.0862. The van der Waals surface area contributed by atoms with Gasteiger partial charge in [0.2, 0.25) is 0 Å². The number of carbonyl (C=O) groups excluding carboxylic acids is 7. The van der Waals surface area contributed by atoms with Crippen LogP contribution in [0.5, 0.6) is 0 Å². The Hall–Kier alpha value is -5.08. The highest BCUT2D eigenvalue weighted by Crippen LogP contribution is 2.30. The number of esters is 3. The van der Waals surface area contributed by atoms with E-state index in [1.54, 1.807) is 30.3 Å². The maximum Gasteiger partial charge on any atom is 0.360 e. The van der Waals surface area contributed by atoms with Gasteiger partial charge >= 0.3 is 23.9 Å². The summed E-state index contributed by atoms with van der Waals surface area (Å²) in [6.07, 6.45) is 9.59. The van der Waals surface area contributed by atoms with E-state index in [0.717, 1.165) is 45.6 Å². The first-order valence-electron chi connectivity index (χ1n) is 18.8. The van der Waals surface area contributed by atoms with Gasteiger partial charge in [-0.1, -0.05) is 69.6 Å². The molecule has 15 heteroatoms. The van der Waals surface area contributed by atoms with Crippen molar-refractivity contribution >= 4 is 64.1 Å². The zero-order valence-electron chi connectivity index (χ0n) is 31.0.